The highest BCUT2D eigenvalue weighted by Gasteiger charge is 2.18. The van der Waals surface area contributed by atoms with Gasteiger partial charge in [-0.25, -0.2) is 4.21 Å². The van der Waals surface area contributed by atoms with Gasteiger partial charge in [0.25, 0.3) is 5.91 Å². The molecule has 0 spiro atoms. The van der Waals surface area contributed by atoms with Crippen LogP contribution in [0.4, 0.5) is 5.69 Å². The van der Waals surface area contributed by atoms with Crippen molar-refractivity contribution in [1.82, 2.24) is 4.72 Å². The van der Waals surface area contributed by atoms with Gasteiger partial charge in [-0.05, 0) is 77.8 Å². The van der Waals surface area contributed by atoms with Gasteiger partial charge in [0.05, 0.1) is 12.0 Å². The molecule has 0 aliphatic rings. The van der Waals surface area contributed by atoms with Crippen molar-refractivity contribution >= 4 is 22.6 Å². The van der Waals surface area contributed by atoms with Crippen molar-refractivity contribution in [3.63, 3.8) is 0 Å². The number of methoxy groups -OCH3 is 1. The van der Waals surface area contributed by atoms with Crippen LogP contribution in [-0.4, -0.2) is 17.2 Å². The molecule has 3 aromatic carbocycles. The Kier molecular flexibility index (Phi) is 9.74. The Balaban J connectivity index is 0.00000186. The Morgan fingerprint density at radius 3 is 2.03 bits per heavy atom. The van der Waals surface area contributed by atoms with Crippen molar-refractivity contribution in [2.45, 2.75) is 32.3 Å². The SMILES string of the molecule is CC.COc1ccc(-c2ccc(OCc3cc(C(=O)NS(=O)c4ccc(N=O)cc4)oc3C)cc2)cc1. The summed E-state index contributed by atoms with van der Waals surface area (Å²) in [5.41, 5.74) is 3.01. The van der Waals surface area contributed by atoms with E-state index in [2.05, 4.69) is 9.90 Å². The van der Waals surface area contributed by atoms with Crippen molar-refractivity contribution in [2.24, 2.45) is 5.18 Å². The smallest absolute Gasteiger partial charge is 0.298 e. The fraction of sp³-hybridized carbons (Fsp3) is 0.179. The largest absolute Gasteiger partial charge is 0.497 e. The molecule has 9 heteroatoms. The third-order valence-corrected chi connectivity index (χ3v) is 6.33. The van der Waals surface area contributed by atoms with Crippen molar-refractivity contribution in [3.05, 3.63) is 101 Å². The Hall–Kier alpha value is -4.24. The summed E-state index contributed by atoms with van der Waals surface area (Å²) >= 11 is 0. The topological polar surface area (TPSA) is 107 Å². The van der Waals surface area contributed by atoms with Crippen LogP contribution in [0.2, 0.25) is 0 Å². The van der Waals surface area contributed by atoms with Crippen LogP contribution in [0.1, 0.15) is 35.7 Å². The molecule has 192 valence electrons. The number of benzene rings is 3. The summed E-state index contributed by atoms with van der Waals surface area (Å²) in [6.07, 6.45) is 0. The summed E-state index contributed by atoms with van der Waals surface area (Å²) in [5, 5.41) is 2.79. The highest BCUT2D eigenvalue weighted by molar-refractivity contribution is 7.83. The quantitative estimate of drug-likeness (QED) is 0.246. The maximum atomic E-state index is 12.5. The molecule has 0 saturated carbocycles. The number of aryl methyl sites for hydroxylation is 1. The van der Waals surface area contributed by atoms with E-state index in [4.69, 9.17) is 13.9 Å². The zero-order valence-corrected chi connectivity index (χ0v) is 21.8. The van der Waals surface area contributed by atoms with E-state index in [9.17, 15) is 13.9 Å². The maximum absolute atomic E-state index is 12.5. The van der Waals surface area contributed by atoms with Crippen molar-refractivity contribution in [2.75, 3.05) is 7.11 Å². The van der Waals surface area contributed by atoms with Crippen LogP contribution in [0.5, 0.6) is 11.5 Å². The summed E-state index contributed by atoms with van der Waals surface area (Å²) in [6.45, 7) is 5.93. The molecule has 0 bridgehead atoms. The Labute approximate surface area is 218 Å². The summed E-state index contributed by atoms with van der Waals surface area (Å²) in [7, 11) is -0.184. The predicted octanol–water partition coefficient (Wildman–Crippen LogP) is 6.72. The summed E-state index contributed by atoms with van der Waals surface area (Å²) in [6, 6.07) is 22.8. The van der Waals surface area contributed by atoms with E-state index in [1.807, 2.05) is 62.4 Å². The molecule has 4 rings (SSSR count). The highest BCUT2D eigenvalue weighted by atomic mass is 32.2. The van der Waals surface area contributed by atoms with Crippen molar-refractivity contribution < 1.29 is 22.9 Å². The van der Waals surface area contributed by atoms with Gasteiger partial charge in [0.2, 0.25) is 0 Å². The molecule has 0 aliphatic carbocycles. The highest BCUT2D eigenvalue weighted by Crippen LogP contribution is 2.25. The Bertz CT molecular complexity index is 1350. The minimum Gasteiger partial charge on any atom is -0.497 e. The summed E-state index contributed by atoms with van der Waals surface area (Å²) < 4.78 is 31.4. The van der Waals surface area contributed by atoms with Gasteiger partial charge in [0.15, 0.2) is 16.7 Å². The van der Waals surface area contributed by atoms with Gasteiger partial charge >= 0.3 is 0 Å². The summed E-state index contributed by atoms with van der Waals surface area (Å²) in [5.74, 6) is 1.39. The molecule has 1 aromatic heterocycles. The molecule has 37 heavy (non-hydrogen) atoms. The van der Waals surface area contributed by atoms with E-state index in [1.165, 1.54) is 24.3 Å². The van der Waals surface area contributed by atoms with E-state index in [0.29, 0.717) is 22.0 Å². The molecular weight excluding hydrogens is 492 g/mol. The van der Waals surface area contributed by atoms with Gasteiger partial charge in [-0.3, -0.25) is 9.52 Å². The molecule has 1 unspecified atom stereocenters. The third-order valence-electron chi connectivity index (χ3n) is 5.26. The number of hydrogen-bond donors (Lipinski definition) is 1. The molecule has 0 saturated heterocycles. The lowest BCUT2D eigenvalue weighted by Crippen LogP contribution is -2.25. The number of hydrogen-bond acceptors (Lipinski definition) is 7. The summed E-state index contributed by atoms with van der Waals surface area (Å²) in [4.78, 5) is 23.3. The lowest BCUT2D eigenvalue weighted by atomic mass is 10.1. The average Bonchev–Trinajstić information content (AvgIpc) is 3.33. The normalized spacial score (nSPS) is 11.0. The predicted molar refractivity (Wildman–Crippen MR) is 143 cm³/mol. The molecule has 1 heterocycles. The second kappa shape index (κ2) is 13.2. The molecule has 1 atom stereocenters. The van der Waals surface area contributed by atoms with E-state index in [-0.39, 0.29) is 18.1 Å². The lowest BCUT2D eigenvalue weighted by molar-refractivity contribution is 0.0954. The van der Waals surface area contributed by atoms with Gasteiger partial charge < -0.3 is 13.9 Å². The monoisotopic (exact) mass is 520 g/mol. The fourth-order valence-corrected chi connectivity index (χ4v) is 4.06. The Morgan fingerprint density at radius 1 is 0.919 bits per heavy atom. The number of nitrogens with one attached hydrogen (secondary N) is 1. The molecule has 0 fully saturated rings. The van der Waals surface area contributed by atoms with Crippen LogP contribution in [-0.2, 0) is 17.6 Å². The number of rotatable bonds is 9. The van der Waals surface area contributed by atoms with Gasteiger partial charge in [0, 0.05) is 5.56 Å². The van der Waals surface area contributed by atoms with Crippen LogP contribution >= 0.6 is 0 Å². The second-order valence-corrected chi connectivity index (χ2v) is 8.73. The van der Waals surface area contributed by atoms with E-state index in [0.717, 1.165) is 16.9 Å². The average molecular weight is 521 g/mol. The number of furan rings is 1. The van der Waals surface area contributed by atoms with Crippen molar-refractivity contribution in [1.29, 1.82) is 0 Å². The minimum absolute atomic E-state index is 0.0236. The van der Waals surface area contributed by atoms with Gasteiger partial charge in [-0.15, -0.1) is 4.91 Å². The first kappa shape index (κ1) is 27.3. The number of nitrogens with zero attached hydrogens (tertiary/aromatic N) is 1. The Morgan fingerprint density at radius 2 is 1.49 bits per heavy atom. The van der Waals surface area contributed by atoms with Gasteiger partial charge in [0.1, 0.15) is 29.6 Å². The zero-order valence-electron chi connectivity index (χ0n) is 21.0. The van der Waals surface area contributed by atoms with Gasteiger partial charge in [-0.2, -0.15) is 0 Å². The number of carbonyl (C=O) groups is 1. The first-order chi connectivity index (χ1) is 18.0. The maximum Gasteiger partial charge on any atom is 0.298 e. The van der Waals surface area contributed by atoms with Crippen LogP contribution < -0.4 is 14.2 Å². The fourth-order valence-electron chi connectivity index (χ4n) is 3.29. The number of nitroso groups, excluding NO2 is 1. The lowest BCUT2D eigenvalue weighted by Gasteiger charge is -2.07. The molecular formula is C28H28N2O6S. The molecule has 1 amide bonds. The van der Waals surface area contributed by atoms with E-state index < -0.39 is 16.9 Å². The minimum atomic E-state index is -1.82. The molecule has 4 aromatic rings. The second-order valence-electron chi connectivity index (χ2n) is 7.52. The number of ether oxygens (including phenoxy) is 2. The van der Waals surface area contributed by atoms with Crippen LogP contribution in [0.15, 0.2) is 93.4 Å². The van der Waals surface area contributed by atoms with Crippen molar-refractivity contribution in [3.8, 4) is 22.6 Å². The zero-order chi connectivity index (χ0) is 26.8. The molecule has 0 aliphatic heterocycles. The molecule has 1 N–H and O–H groups in total. The first-order valence-corrected chi connectivity index (χ1v) is 12.7. The van der Waals surface area contributed by atoms with Gasteiger partial charge in [-0.1, -0.05) is 38.1 Å². The van der Waals surface area contributed by atoms with Crippen LogP contribution in [0.25, 0.3) is 11.1 Å². The first-order valence-electron chi connectivity index (χ1n) is 11.6. The molecule has 0 radical (unpaired) electrons. The number of amides is 1. The van der Waals surface area contributed by atoms with Crippen LogP contribution in [0.3, 0.4) is 0 Å². The van der Waals surface area contributed by atoms with E-state index >= 15 is 0 Å². The molecule has 8 nitrogen and oxygen atoms in total. The number of carbonyl (C=O) groups excluding carboxylic acids is 1. The van der Waals surface area contributed by atoms with Crippen LogP contribution in [0, 0.1) is 11.8 Å². The van der Waals surface area contributed by atoms with E-state index in [1.54, 1.807) is 20.1 Å². The standard InChI is InChI=1S/C26H22N2O6S.C2H6/c1-17-20(15-25(34-17)26(29)28-35(31)24-13-7-21(27-30)8-14-24)16-33-23-11-5-19(6-12-23)18-3-9-22(32-2)10-4-18;1-2/h3-15H,16H2,1-2H3,(H,28,29);1-2H3. The third kappa shape index (κ3) is 7.14.